The zero-order valence-corrected chi connectivity index (χ0v) is 13.6. The maximum Gasteiger partial charge on any atom is 0.309 e. The van der Waals surface area contributed by atoms with Crippen molar-refractivity contribution in [1.82, 2.24) is 0 Å². The molecule has 0 saturated carbocycles. The largest absolute Gasteiger partial charge is 0.457 e. The lowest BCUT2D eigenvalue weighted by Crippen LogP contribution is -2.24. The van der Waals surface area contributed by atoms with E-state index in [1.165, 1.54) is 0 Å². The van der Waals surface area contributed by atoms with Gasteiger partial charge in [-0.15, -0.1) is 0 Å². The Morgan fingerprint density at radius 2 is 2.12 bits per heavy atom. The van der Waals surface area contributed by atoms with Gasteiger partial charge in [0.15, 0.2) is 12.4 Å². The summed E-state index contributed by atoms with van der Waals surface area (Å²) in [5.41, 5.74) is 1.19. The Labute approximate surface area is 141 Å². The Balaban J connectivity index is 1.59. The molecule has 1 aliphatic carbocycles. The molecule has 5 nitrogen and oxygen atoms in total. The van der Waals surface area contributed by atoms with Gasteiger partial charge in [0.2, 0.25) is 5.91 Å². The van der Waals surface area contributed by atoms with E-state index in [4.69, 9.17) is 4.74 Å². The molecular weight excluding hydrogens is 306 g/mol. The van der Waals surface area contributed by atoms with E-state index in [0.717, 1.165) is 24.9 Å². The number of ether oxygens (including phenoxy) is 1. The van der Waals surface area contributed by atoms with Crippen LogP contribution in [-0.4, -0.2) is 30.8 Å². The molecule has 1 aromatic carbocycles. The summed E-state index contributed by atoms with van der Waals surface area (Å²) in [6.45, 7) is 0.428. The highest BCUT2D eigenvalue weighted by atomic mass is 16.5. The van der Waals surface area contributed by atoms with Gasteiger partial charge in [0.1, 0.15) is 0 Å². The highest BCUT2D eigenvalue weighted by Crippen LogP contribution is 2.23. The minimum atomic E-state index is -0.307. The first-order chi connectivity index (χ1) is 11.6. The summed E-state index contributed by atoms with van der Waals surface area (Å²) in [4.78, 5) is 37.8. The second-order valence-electron chi connectivity index (χ2n) is 6.21. The third-order valence-corrected chi connectivity index (χ3v) is 4.50. The number of rotatable bonds is 5. The minimum absolute atomic E-state index is 0.0800. The van der Waals surface area contributed by atoms with Crippen molar-refractivity contribution < 1.29 is 19.1 Å². The van der Waals surface area contributed by atoms with Gasteiger partial charge >= 0.3 is 5.97 Å². The van der Waals surface area contributed by atoms with Crippen LogP contribution in [0.4, 0.5) is 5.69 Å². The van der Waals surface area contributed by atoms with Crippen LogP contribution in [0.2, 0.25) is 0 Å². The first-order valence-corrected chi connectivity index (χ1v) is 8.40. The first kappa shape index (κ1) is 16.4. The van der Waals surface area contributed by atoms with Crippen molar-refractivity contribution in [3.63, 3.8) is 0 Å². The molecule has 3 rings (SSSR count). The molecule has 24 heavy (non-hydrogen) atoms. The quantitative estimate of drug-likeness (QED) is 0.474. The van der Waals surface area contributed by atoms with E-state index in [1.807, 2.05) is 12.1 Å². The van der Waals surface area contributed by atoms with Crippen LogP contribution >= 0.6 is 0 Å². The normalized spacial score (nSPS) is 20.2. The number of hydrogen-bond acceptors (Lipinski definition) is 4. The molecule has 0 unspecified atom stereocenters. The van der Waals surface area contributed by atoms with Gasteiger partial charge in [-0.1, -0.05) is 24.3 Å². The lowest BCUT2D eigenvalue weighted by Gasteiger charge is -2.17. The van der Waals surface area contributed by atoms with Crippen molar-refractivity contribution >= 4 is 23.3 Å². The predicted octanol–water partition coefficient (Wildman–Crippen LogP) is 2.90. The fourth-order valence-electron chi connectivity index (χ4n) is 3.11. The van der Waals surface area contributed by atoms with Gasteiger partial charge in [-0.25, -0.2) is 0 Å². The molecule has 1 aliphatic heterocycles. The van der Waals surface area contributed by atoms with Crippen molar-refractivity contribution in [1.29, 1.82) is 0 Å². The van der Waals surface area contributed by atoms with Gasteiger partial charge in [0.05, 0.1) is 5.92 Å². The number of hydrogen-bond donors (Lipinski definition) is 0. The summed E-state index contributed by atoms with van der Waals surface area (Å²) in [7, 11) is 0. The zero-order valence-electron chi connectivity index (χ0n) is 13.6. The number of ketones is 1. The Kier molecular flexibility index (Phi) is 5.08. The first-order valence-electron chi connectivity index (χ1n) is 8.40. The zero-order chi connectivity index (χ0) is 16.9. The van der Waals surface area contributed by atoms with E-state index >= 15 is 0 Å². The van der Waals surface area contributed by atoms with E-state index < -0.39 is 0 Å². The summed E-state index contributed by atoms with van der Waals surface area (Å²) in [6.07, 6.45) is 7.75. The second-order valence-corrected chi connectivity index (χ2v) is 6.21. The standard InChI is InChI=1S/C19H21NO4/c21-17(13-24-19(23)14-6-2-1-3-7-14)15-8-4-9-16(12-15)20-11-5-10-18(20)22/h1-2,4,8-9,12,14H,3,5-7,10-11,13H2/t14-/m1/s1. The van der Waals surface area contributed by atoms with Gasteiger partial charge in [-0.2, -0.15) is 0 Å². The van der Waals surface area contributed by atoms with Crippen LogP contribution in [-0.2, 0) is 14.3 Å². The molecule has 0 spiro atoms. The van der Waals surface area contributed by atoms with Crippen LogP contribution in [0, 0.1) is 5.92 Å². The van der Waals surface area contributed by atoms with E-state index in [2.05, 4.69) is 6.08 Å². The number of esters is 1. The molecule has 0 bridgehead atoms. The molecule has 126 valence electrons. The minimum Gasteiger partial charge on any atom is -0.457 e. The molecule has 1 fully saturated rings. The number of carbonyl (C=O) groups is 3. The van der Waals surface area contributed by atoms with Crippen LogP contribution < -0.4 is 4.90 Å². The van der Waals surface area contributed by atoms with E-state index in [0.29, 0.717) is 24.9 Å². The van der Waals surface area contributed by atoms with Crippen LogP contribution in [0.25, 0.3) is 0 Å². The molecule has 0 radical (unpaired) electrons. The summed E-state index contributed by atoms with van der Waals surface area (Å²) < 4.78 is 5.18. The predicted molar refractivity (Wildman–Crippen MR) is 89.8 cm³/mol. The van der Waals surface area contributed by atoms with Gasteiger partial charge in [-0.05, 0) is 37.8 Å². The van der Waals surface area contributed by atoms with Crippen molar-refractivity contribution in [3.8, 4) is 0 Å². The Hall–Kier alpha value is -2.43. The molecule has 1 saturated heterocycles. The summed E-state index contributed by atoms with van der Waals surface area (Å²) in [5, 5.41) is 0. The van der Waals surface area contributed by atoms with E-state index in [-0.39, 0.29) is 30.2 Å². The monoisotopic (exact) mass is 327 g/mol. The maximum absolute atomic E-state index is 12.3. The van der Waals surface area contributed by atoms with Crippen molar-refractivity contribution in [2.75, 3.05) is 18.1 Å². The van der Waals surface area contributed by atoms with Gasteiger partial charge in [-0.3, -0.25) is 14.4 Å². The fourth-order valence-corrected chi connectivity index (χ4v) is 3.11. The average molecular weight is 327 g/mol. The Morgan fingerprint density at radius 3 is 2.83 bits per heavy atom. The molecule has 1 amide bonds. The Bertz CT molecular complexity index is 680. The molecule has 1 heterocycles. The van der Waals surface area contributed by atoms with Crippen molar-refractivity contribution in [3.05, 3.63) is 42.0 Å². The molecule has 0 aromatic heterocycles. The molecule has 0 N–H and O–H groups in total. The van der Waals surface area contributed by atoms with Crippen LogP contribution in [0.15, 0.2) is 36.4 Å². The lowest BCUT2D eigenvalue weighted by molar-refractivity contribution is -0.147. The fraction of sp³-hybridized carbons (Fsp3) is 0.421. The number of nitrogens with zero attached hydrogens (tertiary/aromatic N) is 1. The Morgan fingerprint density at radius 1 is 1.25 bits per heavy atom. The highest BCUT2D eigenvalue weighted by molar-refractivity contribution is 6.01. The topological polar surface area (TPSA) is 63.7 Å². The maximum atomic E-state index is 12.3. The molecule has 5 heteroatoms. The number of allylic oxidation sites excluding steroid dienone is 2. The van der Waals surface area contributed by atoms with Crippen molar-refractivity contribution in [2.45, 2.75) is 32.1 Å². The van der Waals surface area contributed by atoms with E-state index in [1.54, 1.807) is 23.1 Å². The van der Waals surface area contributed by atoms with Crippen LogP contribution in [0.1, 0.15) is 42.5 Å². The molecule has 2 aliphatic rings. The summed E-state index contributed by atoms with van der Waals surface area (Å²) >= 11 is 0. The highest BCUT2D eigenvalue weighted by Gasteiger charge is 2.23. The number of carbonyl (C=O) groups excluding carboxylic acids is 3. The molecule has 1 atom stereocenters. The molecular formula is C19H21NO4. The number of anilines is 1. The second kappa shape index (κ2) is 7.43. The number of Topliss-reactive ketones (excluding diaryl/α,β-unsaturated/α-hetero) is 1. The van der Waals surface area contributed by atoms with Gasteiger partial charge < -0.3 is 9.64 Å². The third kappa shape index (κ3) is 3.72. The van der Waals surface area contributed by atoms with Gasteiger partial charge in [0.25, 0.3) is 0 Å². The van der Waals surface area contributed by atoms with Crippen LogP contribution in [0.3, 0.4) is 0 Å². The number of benzene rings is 1. The van der Waals surface area contributed by atoms with E-state index in [9.17, 15) is 14.4 Å². The van der Waals surface area contributed by atoms with Crippen molar-refractivity contribution in [2.24, 2.45) is 5.92 Å². The average Bonchev–Trinajstić information content (AvgIpc) is 3.06. The number of amides is 1. The van der Waals surface area contributed by atoms with Crippen LogP contribution in [0.5, 0.6) is 0 Å². The smallest absolute Gasteiger partial charge is 0.309 e. The SMILES string of the molecule is O=C(COC(=O)[C@@H]1CC=CCC1)c1cccc(N2CCCC2=O)c1. The van der Waals surface area contributed by atoms with Gasteiger partial charge in [0, 0.05) is 24.2 Å². The summed E-state index contributed by atoms with van der Waals surface area (Å²) in [6, 6.07) is 6.95. The molecule has 1 aromatic rings. The summed E-state index contributed by atoms with van der Waals surface area (Å²) in [5.74, 6) is -0.616. The lowest BCUT2D eigenvalue weighted by atomic mass is 9.95. The third-order valence-electron chi connectivity index (χ3n) is 4.50.